The van der Waals surface area contributed by atoms with Gasteiger partial charge in [0.15, 0.2) is 0 Å². The van der Waals surface area contributed by atoms with E-state index in [1.165, 1.54) is 0 Å². The van der Waals surface area contributed by atoms with Crippen LogP contribution >= 0.6 is 0 Å². The molecule has 0 aromatic rings. The third-order valence-electron chi connectivity index (χ3n) is 0. The second-order valence-electron chi connectivity index (χ2n) is 0. The first kappa shape index (κ1) is 116. The van der Waals surface area contributed by atoms with Crippen molar-refractivity contribution in [3.63, 3.8) is 0 Å². The molecule has 71 valence electrons. The van der Waals surface area contributed by atoms with E-state index in [-0.39, 0.29) is 199 Å². The fourth-order valence-corrected chi connectivity index (χ4v) is 0. The Hall–Kier alpha value is 3.46. The monoisotopic (exact) mass is 353 g/mol. The van der Waals surface area contributed by atoms with Crippen molar-refractivity contribution < 1.29 is 199 Å². The molecule has 0 aliphatic heterocycles. The molecular formula is C6H3FeN6Na6. The molecule has 0 aromatic carbocycles. The molecule has 19 heavy (non-hydrogen) atoms. The Morgan fingerprint density at radius 3 is 0.316 bits per heavy atom. The molecule has 0 spiro atoms. The van der Waals surface area contributed by atoms with Crippen molar-refractivity contribution in [2.45, 2.75) is 0 Å². The van der Waals surface area contributed by atoms with Gasteiger partial charge in [0.2, 0.25) is 0 Å². The van der Waals surface area contributed by atoms with Crippen molar-refractivity contribution in [2.24, 2.45) is 0 Å². The standard InChI is InChI=1S/6CN.Fe.6Na.3H/c6*1-2;;;;;;;;;;/q6*-1;+3;6*+1;3*-1. The van der Waals surface area contributed by atoms with Crippen LogP contribution < -0.4 is 177 Å². The molecule has 0 aliphatic rings. The van der Waals surface area contributed by atoms with E-state index in [1.54, 1.807) is 0 Å². The molecule has 0 bridgehead atoms. The summed E-state index contributed by atoms with van der Waals surface area (Å²) in [6.07, 6.45) is 0. The van der Waals surface area contributed by atoms with Gasteiger partial charge in [-0.25, -0.2) is 0 Å². The molecule has 13 heteroatoms. The number of hydrogen-bond donors (Lipinski definition) is 0. The molecule has 0 aliphatic carbocycles. The number of hydrogen-bond acceptors (Lipinski definition) is 6. The number of nitrogens with zero attached hydrogens (tertiary/aromatic N) is 6. The third-order valence-corrected chi connectivity index (χ3v) is 0. The van der Waals surface area contributed by atoms with Crippen LogP contribution in [-0.2, 0) is 17.1 Å². The van der Waals surface area contributed by atoms with Crippen molar-refractivity contribution in [1.29, 1.82) is 31.6 Å². The van der Waals surface area contributed by atoms with Crippen LogP contribution in [0.3, 0.4) is 0 Å². The molecule has 0 aromatic heterocycles. The summed E-state index contributed by atoms with van der Waals surface area (Å²) in [6, 6.07) is 0. The average Bonchev–Trinajstić information content (AvgIpc) is 2.33. The first-order chi connectivity index (χ1) is 6.00. The Balaban J connectivity index is -0.00000000129. The summed E-state index contributed by atoms with van der Waals surface area (Å²) in [5, 5.41) is 37.5. The van der Waals surface area contributed by atoms with Gasteiger partial charge in [-0.3, -0.25) is 0 Å². The van der Waals surface area contributed by atoms with Gasteiger partial charge in [-0.1, -0.05) is 0 Å². The van der Waals surface area contributed by atoms with Gasteiger partial charge in [-0.05, 0) is 0 Å². The summed E-state index contributed by atoms with van der Waals surface area (Å²) < 4.78 is 0. The van der Waals surface area contributed by atoms with Crippen molar-refractivity contribution in [2.75, 3.05) is 0 Å². The molecule has 0 rings (SSSR count). The topological polar surface area (TPSA) is 143 Å². The Labute approximate surface area is 263 Å². The Morgan fingerprint density at radius 2 is 0.316 bits per heavy atom. The Kier molecular flexibility index (Phi) is 4570. The van der Waals surface area contributed by atoms with Crippen LogP contribution in [0.2, 0.25) is 0 Å². The maximum Gasteiger partial charge on any atom is 3.00 e. The normalized spacial score (nSPS) is 0.632. The van der Waals surface area contributed by atoms with E-state index in [0.29, 0.717) is 0 Å². The van der Waals surface area contributed by atoms with E-state index in [0.717, 1.165) is 0 Å². The SMILES string of the molecule is [C-]#N.[C-]#N.[C-]#N.[C-]#N.[C-]#N.[C-]#N.[Fe+3].[H-].[H-].[H-].[Na+].[Na+].[Na+].[Na+].[Na+].[Na+]. The van der Waals surface area contributed by atoms with E-state index in [4.69, 9.17) is 71.0 Å². The van der Waals surface area contributed by atoms with Gasteiger partial charge < -0.3 is 75.3 Å². The molecule has 0 fully saturated rings. The fraction of sp³-hybridized carbons (Fsp3) is 0. The van der Waals surface area contributed by atoms with Gasteiger partial charge in [0.05, 0.1) is 0 Å². The van der Waals surface area contributed by atoms with Crippen LogP contribution in [0.4, 0.5) is 0 Å². The maximum atomic E-state index is 6.25. The second kappa shape index (κ2) is 751. The summed E-state index contributed by atoms with van der Waals surface area (Å²) in [7, 11) is 0. The van der Waals surface area contributed by atoms with Gasteiger partial charge in [0.1, 0.15) is 0 Å². The second-order valence-corrected chi connectivity index (χ2v) is 0. The van der Waals surface area contributed by atoms with E-state index in [1.807, 2.05) is 0 Å². The molecule has 0 atom stereocenters. The zero-order chi connectivity index (χ0) is 12.0. The van der Waals surface area contributed by atoms with Crippen LogP contribution in [-0.4, -0.2) is 0 Å². The van der Waals surface area contributed by atoms with Gasteiger partial charge in [0, 0.05) is 0 Å². The predicted octanol–water partition coefficient (Wildman–Crippen LogP) is -17.1. The zero-order valence-corrected chi connectivity index (χ0v) is 25.1. The quantitative estimate of drug-likeness (QED) is 0.313. The fourth-order valence-electron chi connectivity index (χ4n) is 0. The molecule has 6 nitrogen and oxygen atoms in total. The predicted molar refractivity (Wildman–Crippen MR) is 33.1 cm³/mol. The van der Waals surface area contributed by atoms with Crippen LogP contribution in [0, 0.1) is 71.0 Å². The summed E-state index contributed by atoms with van der Waals surface area (Å²) >= 11 is 0. The first-order valence-electron chi connectivity index (χ1n) is 1.34. The van der Waals surface area contributed by atoms with E-state index < -0.39 is 0 Å². The van der Waals surface area contributed by atoms with Crippen LogP contribution in [0.15, 0.2) is 0 Å². The minimum atomic E-state index is 0. The van der Waals surface area contributed by atoms with Crippen LogP contribution in [0.1, 0.15) is 4.28 Å². The summed E-state index contributed by atoms with van der Waals surface area (Å²) in [6.45, 7) is 28.5. The van der Waals surface area contributed by atoms with E-state index in [2.05, 4.69) is 0 Å². The molecule has 0 saturated carbocycles. The largest absolute Gasteiger partial charge is 3.00 e. The van der Waals surface area contributed by atoms with Crippen molar-refractivity contribution in [3.8, 4) is 0 Å². The Bertz CT molecular complexity index is 122. The first-order valence-corrected chi connectivity index (χ1v) is 1.34. The number of rotatable bonds is 0. The Morgan fingerprint density at radius 1 is 0.316 bits per heavy atom. The van der Waals surface area contributed by atoms with Gasteiger partial charge >= 0.3 is 194 Å². The molecular weight excluding hydrogens is 350 g/mol. The molecule has 0 amide bonds. The van der Waals surface area contributed by atoms with Gasteiger partial charge in [0.25, 0.3) is 0 Å². The third kappa shape index (κ3) is 679. The average molecular weight is 353 g/mol. The van der Waals surface area contributed by atoms with Crippen molar-refractivity contribution in [1.82, 2.24) is 0 Å². The van der Waals surface area contributed by atoms with E-state index >= 15 is 0 Å². The van der Waals surface area contributed by atoms with Crippen LogP contribution in [0.25, 0.3) is 0 Å². The van der Waals surface area contributed by atoms with Crippen molar-refractivity contribution >= 4 is 0 Å². The molecule has 0 heterocycles. The summed E-state index contributed by atoms with van der Waals surface area (Å²) in [5.41, 5.74) is 0. The minimum absolute atomic E-state index is 0. The minimum Gasteiger partial charge on any atom is -1.00 e. The zero-order valence-electron chi connectivity index (χ0n) is 15.0. The summed E-state index contributed by atoms with van der Waals surface area (Å²) in [5.74, 6) is 0. The summed E-state index contributed by atoms with van der Waals surface area (Å²) in [4.78, 5) is 0. The van der Waals surface area contributed by atoms with Gasteiger partial charge in [-0.2, -0.15) is 0 Å². The smallest absolute Gasteiger partial charge is 1.00 e. The van der Waals surface area contributed by atoms with Crippen LogP contribution in [0.5, 0.6) is 0 Å². The molecule has 0 N–H and O–H groups in total. The van der Waals surface area contributed by atoms with E-state index in [9.17, 15) is 0 Å². The molecule has 0 saturated heterocycles. The molecule has 0 unspecified atom stereocenters. The maximum absolute atomic E-state index is 6.25. The van der Waals surface area contributed by atoms with Crippen molar-refractivity contribution in [3.05, 3.63) is 39.4 Å². The van der Waals surface area contributed by atoms with Gasteiger partial charge in [-0.15, -0.1) is 0 Å². The molecule has 1 radical (unpaired) electrons.